The van der Waals surface area contributed by atoms with Crippen molar-refractivity contribution in [2.45, 2.75) is 32.7 Å². The lowest BCUT2D eigenvalue weighted by atomic mass is 10.0. The minimum atomic E-state index is -0.443. The summed E-state index contributed by atoms with van der Waals surface area (Å²) in [7, 11) is 0. The number of hydrogen-bond donors (Lipinski definition) is 1. The molecule has 106 valence electrons. The summed E-state index contributed by atoms with van der Waals surface area (Å²) in [5.74, 6) is -0.168. The third-order valence-electron chi connectivity index (χ3n) is 2.71. The quantitative estimate of drug-likeness (QED) is 0.773. The van der Waals surface area contributed by atoms with Gasteiger partial charge in [-0.2, -0.15) is 0 Å². The minimum absolute atomic E-state index is 0.0346. The largest absolute Gasteiger partial charge is 0.352 e. The van der Waals surface area contributed by atoms with Gasteiger partial charge < -0.3 is 5.32 Å². The Labute approximate surface area is 126 Å². The van der Waals surface area contributed by atoms with Crippen LogP contribution in [0.25, 0.3) is 0 Å². The summed E-state index contributed by atoms with van der Waals surface area (Å²) in [6, 6.07) is 4.48. The van der Waals surface area contributed by atoms with Crippen LogP contribution in [0, 0.1) is 11.7 Å². The molecule has 1 atom stereocenters. The molecule has 0 aliphatic heterocycles. The lowest BCUT2D eigenvalue weighted by molar-refractivity contribution is -0.121. The average Bonchev–Trinajstić information content (AvgIpc) is 2.32. The highest BCUT2D eigenvalue weighted by Gasteiger charge is 2.16. The molecule has 1 aromatic carbocycles. The van der Waals surface area contributed by atoms with E-state index < -0.39 is 5.82 Å². The summed E-state index contributed by atoms with van der Waals surface area (Å²) in [6.07, 6.45) is 0.842. The van der Waals surface area contributed by atoms with Gasteiger partial charge in [-0.3, -0.25) is 4.79 Å². The number of rotatable bonds is 6. The fraction of sp³-hybridized carbons (Fsp3) is 0.500. The molecule has 0 bridgehead atoms. The van der Waals surface area contributed by atoms with Gasteiger partial charge in [0.2, 0.25) is 5.91 Å². The number of carbonyl (C=O) groups excluding carboxylic acids is 1. The van der Waals surface area contributed by atoms with E-state index in [0.717, 1.165) is 6.42 Å². The molecule has 1 aromatic rings. The normalized spacial score (nSPS) is 12.5. The molecule has 2 nitrogen and oxygen atoms in total. The maximum atomic E-state index is 13.6. The predicted molar refractivity (Wildman–Crippen MR) is 80.3 cm³/mol. The Morgan fingerprint density at radius 2 is 2.16 bits per heavy atom. The van der Waals surface area contributed by atoms with E-state index in [9.17, 15) is 9.18 Å². The van der Waals surface area contributed by atoms with E-state index in [0.29, 0.717) is 11.2 Å². The van der Waals surface area contributed by atoms with Gasteiger partial charge >= 0.3 is 0 Å². The number of carbonyl (C=O) groups is 1. The molecule has 0 fully saturated rings. The van der Waals surface area contributed by atoms with Crippen molar-refractivity contribution in [1.82, 2.24) is 5.32 Å². The molecule has 1 unspecified atom stereocenters. The average molecular weight is 351 g/mol. The second kappa shape index (κ2) is 7.85. The van der Waals surface area contributed by atoms with Crippen LogP contribution in [0.4, 0.5) is 4.39 Å². The predicted octanol–water partition coefficient (Wildman–Crippen LogP) is 3.95. The molecule has 0 aliphatic rings. The highest BCUT2D eigenvalue weighted by molar-refractivity contribution is 9.09. The molecule has 0 heterocycles. The third kappa shape index (κ3) is 5.49. The molecule has 0 saturated carbocycles. The first-order valence-corrected chi connectivity index (χ1v) is 7.72. The number of nitrogens with one attached hydrogen (secondary N) is 1. The molecule has 5 heteroatoms. The standard InChI is InChI=1S/C14H18BrClFNO/c1-9(2)6-10(8-15)18-14(19)7-11-12(16)4-3-5-13(11)17/h3-5,9-10H,6-8H2,1-2H3,(H,18,19). The molecular formula is C14H18BrClFNO. The van der Waals surface area contributed by atoms with Crippen LogP contribution in [0.5, 0.6) is 0 Å². The molecule has 19 heavy (non-hydrogen) atoms. The summed E-state index contributed by atoms with van der Waals surface area (Å²) in [6.45, 7) is 4.19. The SMILES string of the molecule is CC(C)CC(CBr)NC(=O)Cc1c(F)cccc1Cl. The lowest BCUT2D eigenvalue weighted by Gasteiger charge is -2.18. The number of benzene rings is 1. The first-order chi connectivity index (χ1) is 8.93. The van der Waals surface area contributed by atoms with Crippen LogP contribution >= 0.6 is 27.5 Å². The third-order valence-corrected chi connectivity index (χ3v) is 3.84. The highest BCUT2D eigenvalue weighted by atomic mass is 79.9. The second-order valence-corrected chi connectivity index (χ2v) is 5.98. The van der Waals surface area contributed by atoms with E-state index in [1.807, 2.05) is 0 Å². The Hall–Kier alpha value is -0.610. The van der Waals surface area contributed by atoms with Crippen molar-refractivity contribution in [2.75, 3.05) is 5.33 Å². The van der Waals surface area contributed by atoms with E-state index in [1.54, 1.807) is 6.07 Å². The molecule has 0 spiro atoms. The van der Waals surface area contributed by atoms with Crippen LogP contribution < -0.4 is 5.32 Å². The number of hydrogen-bond acceptors (Lipinski definition) is 1. The van der Waals surface area contributed by atoms with Gasteiger partial charge in [0.05, 0.1) is 6.42 Å². The lowest BCUT2D eigenvalue weighted by Crippen LogP contribution is -2.38. The van der Waals surface area contributed by atoms with Crippen LogP contribution in [0.3, 0.4) is 0 Å². The van der Waals surface area contributed by atoms with E-state index in [2.05, 4.69) is 35.1 Å². The minimum Gasteiger partial charge on any atom is -0.352 e. The molecule has 0 saturated heterocycles. The van der Waals surface area contributed by atoms with Gasteiger partial charge in [0.1, 0.15) is 5.82 Å². The topological polar surface area (TPSA) is 29.1 Å². The molecular weight excluding hydrogens is 333 g/mol. The van der Waals surface area contributed by atoms with Gasteiger partial charge in [-0.1, -0.05) is 47.4 Å². The summed E-state index contributed by atoms with van der Waals surface area (Å²) in [5, 5.41) is 3.86. The smallest absolute Gasteiger partial charge is 0.224 e. The number of amides is 1. The van der Waals surface area contributed by atoms with Crippen molar-refractivity contribution < 1.29 is 9.18 Å². The zero-order valence-corrected chi connectivity index (χ0v) is 13.4. The van der Waals surface area contributed by atoms with Crippen LogP contribution in [-0.2, 0) is 11.2 Å². The van der Waals surface area contributed by atoms with Crippen LogP contribution in [0.2, 0.25) is 5.02 Å². The fourth-order valence-electron chi connectivity index (χ4n) is 1.87. The molecule has 1 rings (SSSR count). The van der Waals surface area contributed by atoms with E-state index in [1.165, 1.54) is 12.1 Å². The van der Waals surface area contributed by atoms with Crippen LogP contribution in [0.1, 0.15) is 25.8 Å². The Kier molecular flexibility index (Phi) is 6.80. The monoisotopic (exact) mass is 349 g/mol. The van der Waals surface area contributed by atoms with Crippen molar-refractivity contribution in [3.8, 4) is 0 Å². The summed E-state index contributed by atoms with van der Waals surface area (Å²) in [4.78, 5) is 11.9. The summed E-state index contributed by atoms with van der Waals surface area (Å²) in [5.41, 5.74) is 0.250. The van der Waals surface area contributed by atoms with Gasteiger partial charge in [0.25, 0.3) is 0 Å². The van der Waals surface area contributed by atoms with Crippen molar-refractivity contribution in [2.24, 2.45) is 5.92 Å². The first-order valence-electron chi connectivity index (χ1n) is 6.22. The number of halogens is 3. The second-order valence-electron chi connectivity index (χ2n) is 4.93. The van der Waals surface area contributed by atoms with Crippen molar-refractivity contribution >= 4 is 33.4 Å². The van der Waals surface area contributed by atoms with E-state index >= 15 is 0 Å². The zero-order valence-electron chi connectivity index (χ0n) is 11.1. The molecule has 0 aromatic heterocycles. The van der Waals surface area contributed by atoms with Gasteiger partial charge in [-0.05, 0) is 24.5 Å². The fourth-order valence-corrected chi connectivity index (χ4v) is 2.53. The molecule has 0 radical (unpaired) electrons. The summed E-state index contributed by atoms with van der Waals surface area (Å²) >= 11 is 9.27. The Morgan fingerprint density at radius 1 is 1.47 bits per heavy atom. The van der Waals surface area contributed by atoms with Crippen molar-refractivity contribution in [1.29, 1.82) is 0 Å². The van der Waals surface area contributed by atoms with Gasteiger partial charge in [-0.25, -0.2) is 4.39 Å². The van der Waals surface area contributed by atoms with Crippen LogP contribution in [-0.4, -0.2) is 17.3 Å². The van der Waals surface area contributed by atoms with E-state index in [-0.39, 0.29) is 29.0 Å². The molecule has 0 aliphatic carbocycles. The van der Waals surface area contributed by atoms with Crippen molar-refractivity contribution in [3.05, 3.63) is 34.6 Å². The summed E-state index contributed by atoms with van der Waals surface area (Å²) < 4.78 is 13.6. The van der Waals surface area contributed by atoms with Crippen molar-refractivity contribution in [3.63, 3.8) is 0 Å². The molecule has 1 N–H and O–H groups in total. The van der Waals surface area contributed by atoms with Crippen LogP contribution in [0.15, 0.2) is 18.2 Å². The van der Waals surface area contributed by atoms with Gasteiger partial charge in [0.15, 0.2) is 0 Å². The number of alkyl halides is 1. The van der Waals surface area contributed by atoms with E-state index in [4.69, 9.17) is 11.6 Å². The Balaban J connectivity index is 2.64. The van der Waals surface area contributed by atoms with Gasteiger partial charge in [0, 0.05) is 22.0 Å². The zero-order chi connectivity index (χ0) is 14.4. The van der Waals surface area contributed by atoms with Gasteiger partial charge in [-0.15, -0.1) is 0 Å². The first kappa shape index (κ1) is 16.4. The Morgan fingerprint density at radius 3 is 2.68 bits per heavy atom. The Bertz CT molecular complexity index is 419. The maximum Gasteiger partial charge on any atom is 0.224 e. The highest BCUT2D eigenvalue weighted by Crippen LogP contribution is 2.19. The molecule has 1 amide bonds. The maximum absolute atomic E-state index is 13.6.